The molecule has 1 aliphatic heterocycles. The zero-order valence-electron chi connectivity index (χ0n) is 18.1. The second-order valence-corrected chi connectivity index (χ2v) is 10.7. The number of anilines is 1. The Balaban J connectivity index is 1.47. The minimum atomic E-state index is -3.86. The van der Waals surface area contributed by atoms with Crippen LogP contribution in [-0.4, -0.2) is 38.0 Å². The van der Waals surface area contributed by atoms with Crippen molar-refractivity contribution < 1.29 is 13.2 Å². The first-order chi connectivity index (χ1) is 14.3. The van der Waals surface area contributed by atoms with Crippen molar-refractivity contribution in [1.82, 2.24) is 9.62 Å². The highest BCUT2D eigenvalue weighted by atomic mass is 32.2. The van der Waals surface area contributed by atoms with Crippen LogP contribution in [-0.2, 0) is 35.7 Å². The minimum Gasteiger partial charge on any atom is -0.307 e. The summed E-state index contributed by atoms with van der Waals surface area (Å²) in [5.74, 6) is 0. The van der Waals surface area contributed by atoms with Crippen molar-refractivity contribution in [3.8, 4) is 0 Å². The van der Waals surface area contributed by atoms with Crippen LogP contribution in [0.3, 0.4) is 0 Å². The van der Waals surface area contributed by atoms with E-state index in [0.29, 0.717) is 0 Å². The third kappa shape index (κ3) is 4.28. The van der Waals surface area contributed by atoms with Gasteiger partial charge in [-0.15, -0.1) is 0 Å². The van der Waals surface area contributed by atoms with E-state index >= 15 is 0 Å². The summed E-state index contributed by atoms with van der Waals surface area (Å²) in [6.07, 6.45) is 10.9. The van der Waals surface area contributed by atoms with E-state index in [-0.39, 0.29) is 5.54 Å². The Morgan fingerprint density at radius 3 is 2.43 bits per heavy atom. The number of hydrogen-bond acceptors (Lipinski definition) is 4. The number of amides is 2. The van der Waals surface area contributed by atoms with Crippen LogP contribution in [0.2, 0.25) is 0 Å². The Morgan fingerprint density at radius 1 is 1.13 bits per heavy atom. The molecule has 1 aromatic rings. The monoisotopic (exact) mass is 431 g/mol. The molecule has 0 unspecified atom stereocenters. The highest BCUT2D eigenvalue weighted by Crippen LogP contribution is 2.38. The average molecular weight is 432 g/mol. The molecule has 1 aromatic carbocycles. The van der Waals surface area contributed by atoms with Crippen LogP contribution in [0.1, 0.15) is 68.2 Å². The van der Waals surface area contributed by atoms with Crippen molar-refractivity contribution in [2.24, 2.45) is 0 Å². The number of nitrogens with one attached hydrogen (secondary N) is 2. The fourth-order valence-corrected chi connectivity index (χ4v) is 6.22. The van der Waals surface area contributed by atoms with E-state index in [1.165, 1.54) is 27.7 Å². The topological polar surface area (TPSA) is 78.5 Å². The van der Waals surface area contributed by atoms with E-state index in [2.05, 4.69) is 34.9 Å². The Kier molecular flexibility index (Phi) is 5.95. The summed E-state index contributed by atoms with van der Waals surface area (Å²) < 4.78 is 27.4. The van der Waals surface area contributed by atoms with Gasteiger partial charge in [0, 0.05) is 16.6 Å². The molecule has 30 heavy (non-hydrogen) atoms. The summed E-state index contributed by atoms with van der Waals surface area (Å²) in [6.45, 7) is 6.12. The van der Waals surface area contributed by atoms with E-state index in [9.17, 15) is 13.2 Å². The molecule has 0 radical (unpaired) electrons. The quantitative estimate of drug-likeness (QED) is 0.716. The summed E-state index contributed by atoms with van der Waals surface area (Å²) in [4.78, 5) is 14.9. The second-order valence-electron chi connectivity index (χ2n) is 9.09. The Morgan fingerprint density at radius 2 is 1.80 bits per heavy atom. The lowest BCUT2D eigenvalue weighted by Gasteiger charge is -2.32. The van der Waals surface area contributed by atoms with Crippen LogP contribution in [0.5, 0.6) is 0 Å². The van der Waals surface area contributed by atoms with Gasteiger partial charge in [0.15, 0.2) is 0 Å². The lowest BCUT2D eigenvalue weighted by molar-refractivity contribution is 0.203. The molecule has 2 amide bonds. The van der Waals surface area contributed by atoms with Crippen molar-refractivity contribution in [3.05, 3.63) is 39.8 Å². The number of benzene rings is 1. The van der Waals surface area contributed by atoms with Gasteiger partial charge in [-0.1, -0.05) is 19.1 Å². The molecule has 2 N–H and O–H groups in total. The van der Waals surface area contributed by atoms with Crippen LogP contribution in [0.4, 0.5) is 10.5 Å². The van der Waals surface area contributed by atoms with E-state index < -0.39 is 16.1 Å². The zero-order valence-corrected chi connectivity index (χ0v) is 18.9. The van der Waals surface area contributed by atoms with Crippen molar-refractivity contribution >= 4 is 21.7 Å². The van der Waals surface area contributed by atoms with Gasteiger partial charge in [-0.25, -0.2) is 17.9 Å². The van der Waals surface area contributed by atoms with E-state index in [4.69, 9.17) is 0 Å². The maximum Gasteiger partial charge on any atom is 0.333 e. The van der Waals surface area contributed by atoms with Crippen LogP contribution in [0.25, 0.3) is 0 Å². The fourth-order valence-electron chi connectivity index (χ4n) is 5.37. The first kappa shape index (κ1) is 21.4. The Bertz CT molecular complexity index is 938. The van der Waals surface area contributed by atoms with Gasteiger partial charge >= 0.3 is 6.03 Å². The number of aryl methyl sites for hydroxylation is 2. The number of carbonyl (C=O) groups excluding carboxylic acids is 1. The Labute approximate surface area is 180 Å². The van der Waals surface area contributed by atoms with Crippen LogP contribution >= 0.6 is 0 Å². The molecule has 1 fully saturated rings. The van der Waals surface area contributed by atoms with Gasteiger partial charge in [0.2, 0.25) is 0 Å². The highest BCUT2D eigenvalue weighted by molar-refractivity contribution is 7.92. The third-order valence-corrected chi connectivity index (χ3v) is 7.84. The van der Waals surface area contributed by atoms with Gasteiger partial charge in [0.1, 0.15) is 0 Å². The molecule has 1 saturated heterocycles. The average Bonchev–Trinajstić information content (AvgIpc) is 3.41. The molecule has 1 heterocycles. The van der Waals surface area contributed by atoms with E-state index in [1.807, 2.05) is 0 Å². The van der Waals surface area contributed by atoms with Gasteiger partial charge in [-0.05, 0) is 100 Å². The molecule has 6 nitrogen and oxygen atoms in total. The number of fused-ring (bicyclic) bond motifs is 2. The SMILES string of the molecule is CCCN1CCC[C@]1(C)/C=C/S(=O)(=O)NC(=O)Nc1c2c(cc3c1CCC3)CCC2. The molecule has 1 atom stereocenters. The molecule has 0 aromatic heterocycles. The van der Waals surface area contributed by atoms with Gasteiger partial charge in [-0.3, -0.25) is 4.90 Å². The highest BCUT2D eigenvalue weighted by Gasteiger charge is 2.34. The van der Waals surface area contributed by atoms with Crippen molar-refractivity contribution in [2.75, 3.05) is 18.4 Å². The lowest BCUT2D eigenvalue weighted by Crippen LogP contribution is -2.40. The summed E-state index contributed by atoms with van der Waals surface area (Å²) in [5.41, 5.74) is 5.56. The normalized spacial score (nSPS) is 23.7. The number of likely N-dealkylation sites (tertiary alicyclic amines) is 1. The molecule has 2 aliphatic carbocycles. The largest absolute Gasteiger partial charge is 0.333 e. The minimum absolute atomic E-state index is 0.275. The van der Waals surface area contributed by atoms with Gasteiger partial charge in [-0.2, -0.15) is 0 Å². The molecule has 4 rings (SSSR count). The molecular formula is C23H33N3O3S. The molecule has 7 heteroatoms. The van der Waals surface area contributed by atoms with Gasteiger partial charge < -0.3 is 5.32 Å². The van der Waals surface area contributed by atoms with E-state index in [1.54, 1.807) is 6.08 Å². The maximum absolute atomic E-state index is 12.6. The summed E-state index contributed by atoms with van der Waals surface area (Å²) in [7, 11) is -3.86. The first-order valence-electron chi connectivity index (χ1n) is 11.3. The fraction of sp³-hybridized carbons (Fsp3) is 0.609. The van der Waals surface area contributed by atoms with Crippen molar-refractivity contribution in [2.45, 2.75) is 77.2 Å². The molecule has 3 aliphatic rings. The summed E-state index contributed by atoms with van der Waals surface area (Å²) in [6, 6.07) is 1.62. The van der Waals surface area contributed by atoms with Gasteiger partial charge in [0.25, 0.3) is 10.0 Å². The smallest absolute Gasteiger partial charge is 0.307 e. The molecular weight excluding hydrogens is 398 g/mol. The maximum atomic E-state index is 12.6. The zero-order chi connectivity index (χ0) is 21.4. The van der Waals surface area contributed by atoms with Crippen molar-refractivity contribution in [1.29, 1.82) is 0 Å². The Hall–Kier alpha value is -1.86. The number of carbonyl (C=O) groups is 1. The van der Waals surface area contributed by atoms with Gasteiger partial charge in [0.05, 0.1) is 0 Å². The van der Waals surface area contributed by atoms with Crippen LogP contribution < -0.4 is 10.0 Å². The molecule has 0 bridgehead atoms. The number of urea groups is 1. The number of sulfonamides is 1. The lowest BCUT2D eigenvalue weighted by atomic mass is 9.99. The molecule has 0 spiro atoms. The predicted molar refractivity (Wildman–Crippen MR) is 120 cm³/mol. The number of nitrogens with zero attached hydrogens (tertiary/aromatic N) is 1. The first-order valence-corrected chi connectivity index (χ1v) is 12.8. The molecule has 164 valence electrons. The standard InChI is InChI=1S/C23H33N3O3S/c1-3-13-26-14-6-11-23(26,2)12-15-30(28,29)25-22(27)24-21-19-9-4-7-17(19)16-18-8-5-10-20(18)21/h12,15-16H,3-11,13-14H2,1-2H3,(H2,24,25,27)/b15-12+/t23-/m1/s1. The summed E-state index contributed by atoms with van der Waals surface area (Å²) >= 11 is 0. The van der Waals surface area contributed by atoms with Crippen molar-refractivity contribution in [3.63, 3.8) is 0 Å². The summed E-state index contributed by atoms with van der Waals surface area (Å²) in [5, 5.41) is 4.06. The predicted octanol–water partition coefficient (Wildman–Crippen LogP) is 3.89. The van der Waals surface area contributed by atoms with Crippen LogP contribution in [0, 0.1) is 0 Å². The van der Waals surface area contributed by atoms with E-state index in [0.717, 1.165) is 76.6 Å². The third-order valence-electron chi connectivity index (χ3n) is 6.88. The second kappa shape index (κ2) is 8.35. The van der Waals surface area contributed by atoms with Crippen LogP contribution in [0.15, 0.2) is 17.6 Å². The number of hydrogen-bond donors (Lipinski definition) is 2. The number of rotatable bonds is 6. The molecule has 0 saturated carbocycles.